The van der Waals surface area contributed by atoms with Crippen molar-refractivity contribution in [3.63, 3.8) is 0 Å². The van der Waals surface area contributed by atoms with E-state index in [9.17, 15) is 9.90 Å². The molecule has 5 nitrogen and oxygen atoms in total. The zero-order valence-corrected chi connectivity index (χ0v) is 11.9. The average molecular weight is 271 g/mol. The Kier molecular flexibility index (Phi) is 6.07. The molecule has 1 aromatic rings. The van der Waals surface area contributed by atoms with Crippen molar-refractivity contribution in [1.82, 2.24) is 10.3 Å². The Morgan fingerprint density at radius 2 is 2.28 bits per heavy atom. The lowest BCUT2D eigenvalue weighted by atomic mass is 10.0. The third kappa shape index (κ3) is 5.01. The summed E-state index contributed by atoms with van der Waals surface area (Å²) in [6.07, 6.45) is 0.344. The number of rotatable bonds is 7. The summed E-state index contributed by atoms with van der Waals surface area (Å²) in [6.45, 7) is 7.08. The molecular weight excluding hydrogens is 250 g/mol. The highest BCUT2D eigenvalue weighted by atomic mass is 32.1. The van der Waals surface area contributed by atoms with Crippen LogP contribution in [0, 0.1) is 5.92 Å². The highest BCUT2D eigenvalue weighted by Crippen LogP contribution is 2.15. The van der Waals surface area contributed by atoms with E-state index >= 15 is 0 Å². The minimum atomic E-state index is -0.337. The molecule has 0 bridgehead atoms. The van der Waals surface area contributed by atoms with E-state index in [1.807, 2.05) is 13.8 Å². The van der Waals surface area contributed by atoms with E-state index in [0.29, 0.717) is 18.7 Å². The van der Waals surface area contributed by atoms with Crippen molar-refractivity contribution in [2.24, 2.45) is 5.92 Å². The number of thiazole rings is 1. The Morgan fingerprint density at radius 3 is 2.89 bits per heavy atom. The fraction of sp³-hybridized carbons (Fsp3) is 0.667. The maximum atomic E-state index is 11.8. The molecule has 0 radical (unpaired) electrons. The molecule has 2 unspecified atom stereocenters. The van der Waals surface area contributed by atoms with Crippen LogP contribution in [0.1, 0.15) is 37.7 Å². The topological polar surface area (TPSA) is 74.2 Å². The molecule has 0 aromatic carbocycles. The van der Waals surface area contributed by atoms with Gasteiger partial charge in [-0.05, 0) is 26.2 Å². The minimum Gasteiger partial charge on any atom is -0.393 e. The van der Waals surface area contributed by atoms with Crippen molar-refractivity contribution in [2.45, 2.75) is 33.3 Å². The van der Waals surface area contributed by atoms with Crippen LogP contribution < -0.4 is 10.6 Å². The number of nitrogens with one attached hydrogen (secondary N) is 2. The molecular formula is C12H21N3O2S. The van der Waals surface area contributed by atoms with Gasteiger partial charge in [-0.1, -0.05) is 6.92 Å². The molecule has 6 heteroatoms. The number of carbonyl (C=O) groups is 1. The van der Waals surface area contributed by atoms with Crippen molar-refractivity contribution in [3.05, 3.63) is 11.1 Å². The van der Waals surface area contributed by atoms with Gasteiger partial charge in [0.15, 0.2) is 5.13 Å². The number of hydrogen-bond donors (Lipinski definition) is 3. The van der Waals surface area contributed by atoms with Crippen molar-refractivity contribution >= 4 is 22.4 Å². The van der Waals surface area contributed by atoms with Crippen LogP contribution in [-0.4, -0.2) is 35.2 Å². The summed E-state index contributed by atoms with van der Waals surface area (Å²) in [7, 11) is 0. The van der Waals surface area contributed by atoms with Gasteiger partial charge in [0.2, 0.25) is 0 Å². The third-order valence-corrected chi connectivity index (χ3v) is 3.22. The fourth-order valence-corrected chi connectivity index (χ4v) is 2.40. The van der Waals surface area contributed by atoms with Crippen LogP contribution in [-0.2, 0) is 0 Å². The quantitative estimate of drug-likeness (QED) is 0.706. The van der Waals surface area contributed by atoms with E-state index in [1.54, 1.807) is 12.3 Å². The standard InChI is InChI=1S/C12H21N3O2S/c1-4-13-12-15-10(7-18-12)11(17)14-6-8(2)5-9(3)16/h7-9,16H,4-6H2,1-3H3,(H,13,15)(H,14,17). The highest BCUT2D eigenvalue weighted by Gasteiger charge is 2.12. The Balaban J connectivity index is 2.40. The van der Waals surface area contributed by atoms with Gasteiger partial charge in [-0.3, -0.25) is 4.79 Å². The molecule has 0 aliphatic carbocycles. The number of amides is 1. The van der Waals surface area contributed by atoms with Crippen molar-refractivity contribution in [3.8, 4) is 0 Å². The van der Waals surface area contributed by atoms with Gasteiger partial charge in [-0.15, -0.1) is 11.3 Å². The van der Waals surface area contributed by atoms with Crippen molar-refractivity contribution in [1.29, 1.82) is 0 Å². The summed E-state index contributed by atoms with van der Waals surface area (Å²) in [5, 5.41) is 17.6. The summed E-state index contributed by atoms with van der Waals surface area (Å²) in [6, 6.07) is 0. The highest BCUT2D eigenvalue weighted by molar-refractivity contribution is 7.13. The van der Waals surface area contributed by atoms with Crippen LogP contribution >= 0.6 is 11.3 Å². The molecule has 0 fully saturated rings. The van der Waals surface area contributed by atoms with Gasteiger partial charge in [-0.25, -0.2) is 4.98 Å². The van der Waals surface area contributed by atoms with E-state index in [4.69, 9.17) is 0 Å². The van der Waals surface area contributed by atoms with Gasteiger partial charge in [0, 0.05) is 18.5 Å². The predicted octanol–water partition coefficient (Wildman–Crippen LogP) is 1.71. The van der Waals surface area contributed by atoms with Gasteiger partial charge < -0.3 is 15.7 Å². The molecule has 18 heavy (non-hydrogen) atoms. The van der Waals surface area contributed by atoms with Crippen LogP contribution in [0.4, 0.5) is 5.13 Å². The maximum Gasteiger partial charge on any atom is 0.270 e. The molecule has 1 heterocycles. The van der Waals surface area contributed by atoms with E-state index < -0.39 is 0 Å². The summed E-state index contributed by atoms with van der Waals surface area (Å²) < 4.78 is 0. The first kappa shape index (κ1) is 14.9. The molecule has 0 saturated heterocycles. The molecule has 0 aliphatic heterocycles. The van der Waals surface area contributed by atoms with Gasteiger partial charge in [0.05, 0.1) is 6.10 Å². The lowest BCUT2D eigenvalue weighted by Crippen LogP contribution is -2.29. The lowest BCUT2D eigenvalue weighted by Gasteiger charge is -2.13. The van der Waals surface area contributed by atoms with Crippen LogP contribution in [0.5, 0.6) is 0 Å². The molecule has 0 aliphatic rings. The molecule has 1 amide bonds. The third-order valence-electron chi connectivity index (χ3n) is 2.42. The molecule has 3 N–H and O–H groups in total. The van der Waals surface area contributed by atoms with Crippen LogP contribution in [0.2, 0.25) is 0 Å². The largest absolute Gasteiger partial charge is 0.393 e. The van der Waals surface area contributed by atoms with Gasteiger partial charge in [0.25, 0.3) is 5.91 Å². The normalized spacial score (nSPS) is 14.0. The molecule has 0 spiro atoms. The average Bonchev–Trinajstić information content (AvgIpc) is 2.74. The number of nitrogens with zero attached hydrogens (tertiary/aromatic N) is 1. The Hall–Kier alpha value is -1.14. The molecule has 1 rings (SSSR count). The first-order chi connectivity index (χ1) is 8.52. The first-order valence-corrected chi connectivity index (χ1v) is 7.06. The molecule has 2 atom stereocenters. The van der Waals surface area contributed by atoms with Crippen LogP contribution in [0.25, 0.3) is 0 Å². The van der Waals surface area contributed by atoms with E-state index in [0.717, 1.165) is 11.7 Å². The van der Waals surface area contributed by atoms with Gasteiger partial charge in [-0.2, -0.15) is 0 Å². The first-order valence-electron chi connectivity index (χ1n) is 6.18. The second-order valence-electron chi connectivity index (χ2n) is 4.47. The molecule has 1 aromatic heterocycles. The Labute approximate surface area is 112 Å². The smallest absolute Gasteiger partial charge is 0.270 e. The minimum absolute atomic E-state index is 0.159. The zero-order valence-electron chi connectivity index (χ0n) is 11.1. The number of aliphatic hydroxyl groups is 1. The monoisotopic (exact) mass is 271 g/mol. The van der Waals surface area contributed by atoms with E-state index in [1.165, 1.54) is 11.3 Å². The Bertz CT molecular complexity index is 379. The summed E-state index contributed by atoms with van der Waals surface area (Å²) in [5.74, 6) is 0.0914. The number of aliphatic hydroxyl groups excluding tert-OH is 1. The summed E-state index contributed by atoms with van der Waals surface area (Å²) in [4.78, 5) is 16.0. The van der Waals surface area contributed by atoms with Crippen molar-refractivity contribution < 1.29 is 9.90 Å². The van der Waals surface area contributed by atoms with Crippen LogP contribution in [0.3, 0.4) is 0 Å². The van der Waals surface area contributed by atoms with Gasteiger partial charge >= 0.3 is 0 Å². The van der Waals surface area contributed by atoms with E-state index in [2.05, 4.69) is 15.6 Å². The maximum absolute atomic E-state index is 11.8. The van der Waals surface area contributed by atoms with Crippen LogP contribution in [0.15, 0.2) is 5.38 Å². The number of aromatic nitrogens is 1. The predicted molar refractivity (Wildman–Crippen MR) is 74.1 cm³/mol. The number of carbonyl (C=O) groups excluding carboxylic acids is 1. The van der Waals surface area contributed by atoms with Gasteiger partial charge in [0.1, 0.15) is 5.69 Å². The summed E-state index contributed by atoms with van der Waals surface area (Å²) in [5.41, 5.74) is 0.445. The lowest BCUT2D eigenvalue weighted by molar-refractivity contribution is 0.0935. The second-order valence-corrected chi connectivity index (χ2v) is 5.33. The number of hydrogen-bond acceptors (Lipinski definition) is 5. The Morgan fingerprint density at radius 1 is 1.56 bits per heavy atom. The second kappa shape index (κ2) is 7.33. The zero-order chi connectivity index (χ0) is 13.5. The van der Waals surface area contributed by atoms with Crippen molar-refractivity contribution in [2.75, 3.05) is 18.4 Å². The number of anilines is 1. The van der Waals surface area contributed by atoms with E-state index in [-0.39, 0.29) is 17.9 Å². The SMILES string of the molecule is CCNc1nc(C(=O)NCC(C)CC(C)O)cs1. The summed E-state index contributed by atoms with van der Waals surface area (Å²) >= 11 is 1.42. The fourth-order valence-electron chi connectivity index (χ4n) is 1.63. The molecule has 0 saturated carbocycles. The molecule has 102 valence electrons.